The largest absolute Gasteiger partial charge is 0.378 e. The lowest BCUT2D eigenvalue weighted by molar-refractivity contribution is 0.449. The summed E-state index contributed by atoms with van der Waals surface area (Å²) in [5, 5.41) is 2.85. The third-order valence-electron chi connectivity index (χ3n) is 1.39. The van der Waals surface area contributed by atoms with E-state index in [0.717, 1.165) is 0 Å². The van der Waals surface area contributed by atoms with Crippen molar-refractivity contribution in [2.24, 2.45) is 0 Å². The average Bonchev–Trinajstić information content (AvgIpc) is 2.53. The maximum atomic E-state index is 10.8. The number of hydrogen-bond donors (Lipinski definition) is 1. The summed E-state index contributed by atoms with van der Waals surface area (Å²) in [6.45, 7) is 4.00. The topological polar surface area (TPSA) is 46.0 Å². The fourth-order valence-electron chi connectivity index (χ4n) is 0.900. The van der Waals surface area contributed by atoms with Crippen LogP contribution in [0.5, 0.6) is 0 Å². The van der Waals surface area contributed by atoms with Gasteiger partial charge in [-0.3, -0.25) is 4.79 Å². The van der Waals surface area contributed by atoms with Crippen molar-refractivity contribution in [2.45, 2.75) is 13.8 Å². The number of para-hydroxylation sites is 1. The molecule has 0 saturated heterocycles. The Morgan fingerprint density at radius 1 is 1.25 bits per heavy atom. The zero-order chi connectivity index (χ0) is 8.97. The molecule has 2 rings (SSSR count). The lowest BCUT2D eigenvalue weighted by atomic mass is 10.3. The molecule has 3 heteroatoms. The number of aromatic amines is 1. The van der Waals surface area contributed by atoms with Gasteiger partial charge in [0.2, 0.25) is 0 Å². The lowest BCUT2D eigenvalue weighted by Gasteiger charge is -1.78. The van der Waals surface area contributed by atoms with E-state index < -0.39 is 0 Å². The van der Waals surface area contributed by atoms with Crippen LogP contribution in [0.15, 0.2) is 33.6 Å². The van der Waals surface area contributed by atoms with Crippen LogP contribution in [0.1, 0.15) is 13.8 Å². The van der Waals surface area contributed by atoms with Gasteiger partial charge < -0.3 is 4.52 Å². The zero-order valence-corrected chi connectivity index (χ0v) is 7.13. The zero-order valence-electron chi connectivity index (χ0n) is 7.13. The van der Waals surface area contributed by atoms with Crippen LogP contribution in [-0.4, -0.2) is 5.16 Å². The molecule has 0 unspecified atom stereocenters. The smallest absolute Gasteiger partial charge is 0.287 e. The highest BCUT2D eigenvalue weighted by molar-refractivity contribution is 5.75. The molecule has 0 spiro atoms. The van der Waals surface area contributed by atoms with Crippen LogP contribution in [0.25, 0.3) is 11.0 Å². The summed E-state index contributed by atoms with van der Waals surface area (Å²) < 4.78 is 4.81. The van der Waals surface area contributed by atoms with Gasteiger partial charge in [-0.25, -0.2) is 0 Å². The predicted octanol–water partition coefficient (Wildman–Crippen LogP) is 2.15. The van der Waals surface area contributed by atoms with E-state index in [1.54, 1.807) is 18.2 Å². The first-order chi connectivity index (χ1) is 5.88. The third kappa shape index (κ3) is 1.39. The molecule has 1 aromatic heterocycles. The summed E-state index contributed by atoms with van der Waals surface area (Å²) in [7, 11) is 0. The molecule has 0 aliphatic heterocycles. The molecule has 1 aromatic carbocycles. The summed E-state index contributed by atoms with van der Waals surface area (Å²) in [6, 6.07) is 7.08. The monoisotopic (exact) mass is 165 g/mol. The van der Waals surface area contributed by atoms with Gasteiger partial charge in [0, 0.05) is 0 Å². The van der Waals surface area contributed by atoms with Gasteiger partial charge in [0.1, 0.15) is 0 Å². The highest BCUT2D eigenvalue weighted by atomic mass is 16.5. The van der Waals surface area contributed by atoms with Crippen LogP contribution in [-0.2, 0) is 0 Å². The Hall–Kier alpha value is -1.51. The van der Waals surface area contributed by atoms with E-state index in [9.17, 15) is 4.79 Å². The minimum atomic E-state index is -0.171. The normalized spacial score (nSPS) is 9.17. The van der Waals surface area contributed by atoms with Crippen molar-refractivity contribution >= 4 is 11.0 Å². The second kappa shape index (κ2) is 3.76. The molecule has 1 heterocycles. The molecule has 0 aliphatic carbocycles. The molecule has 1 N–H and O–H groups in total. The number of hydrogen-bond acceptors (Lipinski definition) is 2. The van der Waals surface area contributed by atoms with E-state index in [4.69, 9.17) is 4.52 Å². The van der Waals surface area contributed by atoms with Crippen LogP contribution >= 0.6 is 0 Å². The Morgan fingerprint density at radius 3 is 2.58 bits per heavy atom. The van der Waals surface area contributed by atoms with Crippen molar-refractivity contribution < 1.29 is 4.52 Å². The molecule has 0 atom stereocenters. The number of H-pyrrole nitrogens is 1. The number of benzene rings is 1. The van der Waals surface area contributed by atoms with Crippen molar-refractivity contribution in [3.05, 3.63) is 34.6 Å². The van der Waals surface area contributed by atoms with Crippen molar-refractivity contribution in [3.63, 3.8) is 0 Å². The van der Waals surface area contributed by atoms with E-state index in [1.165, 1.54) is 0 Å². The fourth-order valence-corrected chi connectivity index (χ4v) is 0.900. The Labute approximate surface area is 70.0 Å². The Kier molecular flexibility index (Phi) is 2.69. The Bertz CT molecular complexity index is 400. The molecular weight excluding hydrogens is 154 g/mol. The third-order valence-corrected chi connectivity index (χ3v) is 1.39. The van der Waals surface area contributed by atoms with E-state index >= 15 is 0 Å². The number of aromatic nitrogens is 1. The van der Waals surface area contributed by atoms with Crippen molar-refractivity contribution in [2.75, 3.05) is 0 Å². The molecular formula is C9H11NO2. The van der Waals surface area contributed by atoms with Crippen molar-refractivity contribution in [3.8, 4) is 0 Å². The van der Waals surface area contributed by atoms with Crippen LogP contribution in [0, 0.1) is 0 Å². The average molecular weight is 165 g/mol. The van der Waals surface area contributed by atoms with E-state index in [1.807, 2.05) is 19.9 Å². The maximum absolute atomic E-state index is 10.8. The quantitative estimate of drug-likeness (QED) is 0.650. The Morgan fingerprint density at radius 2 is 1.92 bits per heavy atom. The summed E-state index contributed by atoms with van der Waals surface area (Å²) in [5.41, 5.74) is 0.433. The lowest BCUT2D eigenvalue weighted by Crippen LogP contribution is -1.95. The minimum absolute atomic E-state index is 0.171. The molecule has 0 radical (unpaired) electrons. The fraction of sp³-hybridized carbons (Fsp3) is 0.222. The summed E-state index contributed by atoms with van der Waals surface area (Å²) in [4.78, 5) is 10.8. The summed E-state index contributed by atoms with van der Waals surface area (Å²) in [6.07, 6.45) is 0. The first-order valence-electron chi connectivity index (χ1n) is 3.94. The predicted molar refractivity (Wildman–Crippen MR) is 48.2 cm³/mol. The molecule has 0 amide bonds. The second-order valence-electron chi connectivity index (χ2n) is 2.03. The van der Waals surface area contributed by atoms with Crippen LogP contribution < -0.4 is 5.56 Å². The van der Waals surface area contributed by atoms with Gasteiger partial charge in [-0.15, -0.1) is 0 Å². The SMILES string of the molecule is CC.O=c1[nH]oc2ccccc12. The summed E-state index contributed by atoms with van der Waals surface area (Å²) >= 11 is 0. The maximum Gasteiger partial charge on any atom is 0.287 e. The number of fused-ring (bicyclic) bond motifs is 1. The van der Waals surface area contributed by atoms with E-state index in [0.29, 0.717) is 11.0 Å². The van der Waals surface area contributed by atoms with Crippen molar-refractivity contribution in [1.29, 1.82) is 0 Å². The highest BCUT2D eigenvalue weighted by Gasteiger charge is 1.98. The first-order valence-corrected chi connectivity index (χ1v) is 3.94. The number of nitrogens with one attached hydrogen (secondary N) is 1. The Balaban J connectivity index is 0.000000336. The highest BCUT2D eigenvalue weighted by Crippen LogP contribution is 2.05. The first kappa shape index (κ1) is 8.59. The molecule has 0 saturated carbocycles. The van der Waals surface area contributed by atoms with Crippen LogP contribution in [0.2, 0.25) is 0 Å². The molecule has 0 aliphatic rings. The van der Waals surface area contributed by atoms with Gasteiger partial charge in [0.05, 0.1) is 5.39 Å². The molecule has 3 nitrogen and oxygen atoms in total. The summed E-state index contributed by atoms with van der Waals surface area (Å²) in [5.74, 6) is 0. The van der Waals surface area contributed by atoms with E-state index in [-0.39, 0.29) is 5.56 Å². The van der Waals surface area contributed by atoms with Gasteiger partial charge in [0.25, 0.3) is 5.56 Å². The van der Waals surface area contributed by atoms with Gasteiger partial charge in [0.15, 0.2) is 5.58 Å². The molecule has 64 valence electrons. The molecule has 0 bridgehead atoms. The van der Waals surface area contributed by atoms with E-state index in [2.05, 4.69) is 5.16 Å². The van der Waals surface area contributed by atoms with Crippen LogP contribution in [0.3, 0.4) is 0 Å². The second-order valence-corrected chi connectivity index (χ2v) is 2.03. The molecule has 2 aromatic rings. The van der Waals surface area contributed by atoms with Crippen LogP contribution in [0.4, 0.5) is 0 Å². The molecule has 0 fully saturated rings. The standard InChI is InChI=1S/C7H5NO2.C2H6/c9-7-5-3-1-2-4-6(5)10-8-7;1-2/h1-4H,(H,8,9);1-2H3. The van der Waals surface area contributed by atoms with Gasteiger partial charge in [-0.1, -0.05) is 26.0 Å². The molecule has 12 heavy (non-hydrogen) atoms. The minimum Gasteiger partial charge on any atom is -0.378 e. The number of rotatable bonds is 0. The van der Waals surface area contributed by atoms with Crippen molar-refractivity contribution in [1.82, 2.24) is 5.16 Å². The van der Waals surface area contributed by atoms with Gasteiger partial charge in [-0.2, -0.15) is 5.16 Å². The van der Waals surface area contributed by atoms with Gasteiger partial charge >= 0.3 is 0 Å². The van der Waals surface area contributed by atoms with Gasteiger partial charge in [-0.05, 0) is 12.1 Å².